The van der Waals surface area contributed by atoms with Crippen LogP contribution in [0.3, 0.4) is 0 Å². The number of hydrogen-bond donors (Lipinski definition) is 2. The van der Waals surface area contributed by atoms with Crippen molar-refractivity contribution in [3.05, 3.63) is 69.7 Å². The molecule has 1 aliphatic heterocycles. The molecule has 0 radical (unpaired) electrons. The Morgan fingerprint density at radius 3 is 2.62 bits per heavy atom. The number of anilines is 2. The van der Waals surface area contributed by atoms with Crippen molar-refractivity contribution in [1.82, 2.24) is 15.1 Å². The highest BCUT2D eigenvalue weighted by atomic mass is 32.1. The van der Waals surface area contributed by atoms with Crippen molar-refractivity contribution in [1.29, 1.82) is 0 Å². The van der Waals surface area contributed by atoms with E-state index in [1.165, 1.54) is 11.3 Å². The highest BCUT2D eigenvalue weighted by Crippen LogP contribution is 2.34. The molecule has 2 N–H and O–H groups in total. The fourth-order valence-corrected chi connectivity index (χ4v) is 4.60. The summed E-state index contributed by atoms with van der Waals surface area (Å²) in [5.74, 6) is -0.838. The number of carbonyl (C=O) groups is 3. The summed E-state index contributed by atoms with van der Waals surface area (Å²) in [6, 6.07) is 13.6. The number of para-hydroxylation sites is 1. The zero-order chi connectivity index (χ0) is 24.1. The van der Waals surface area contributed by atoms with Gasteiger partial charge in [0, 0.05) is 12.2 Å². The first-order valence-corrected chi connectivity index (χ1v) is 11.8. The zero-order valence-corrected chi connectivity index (χ0v) is 19.7. The fraction of sp³-hybridized carbons (Fsp3) is 0.292. The molecule has 0 spiro atoms. The van der Waals surface area contributed by atoms with Gasteiger partial charge in [0.05, 0.1) is 23.9 Å². The van der Waals surface area contributed by atoms with Crippen molar-refractivity contribution in [3.63, 3.8) is 0 Å². The summed E-state index contributed by atoms with van der Waals surface area (Å²) >= 11 is 1.17. The van der Waals surface area contributed by atoms with Crippen LogP contribution in [0.15, 0.2) is 48.5 Å². The summed E-state index contributed by atoms with van der Waals surface area (Å²) in [4.78, 5) is 39.6. The Morgan fingerprint density at radius 1 is 1.09 bits per heavy atom. The Balaban J connectivity index is 1.45. The van der Waals surface area contributed by atoms with Gasteiger partial charge in [0.15, 0.2) is 0 Å². The van der Waals surface area contributed by atoms with Crippen LogP contribution in [0, 0.1) is 6.92 Å². The van der Waals surface area contributed by atoms with Crippen LogP contribution >= 0.6 is 11.3 Å². The summed E-state index contributed by atoms with van der Waals surface area (Å²) in [6.45, 7) is 4.47. The number of aromatic nitrogens is 2. The number of nitrogens with zero attached hydrogens (tertiary/aromatic N) is 3. The fourth-order valence-electron chi connectivity index (χ4n) is 3.71. The van der Waals surface area contributed by atoms with Gasteiger partial charge in [0.1, 0.15) is 5.01 Å². The smallest absolute Gasteiger partial charge is 0.340 e. The van der Waals surface area contributed by atoms with Gasteiger partial charge in [-0.15, -0.1) is 10.2 Å². The lowest BCUT2D eigenvalue weighted by atomic mass is 10.2. The molecule has 3 amide bonds. The van der Waals surface area contributed by atoms with Gasteiger partial charge in [-0.05, 0) is 51.0 Å². The molecular weight excluding hydrogens is 454 g/mol. The predicted molar refractivity (Wildman–Crippen MR) is 129 cm³/mol. The number of ether oxygens (including phenoxy) is 1. The minimum absolute atomic E-state index is 0.232. The van der Waals surface area contributed by atoms with Crippen molar-refractivity contribution in [2.24, 2.45) is 0 Å². The van der Waals surface area contributed by atoms with Crippen molar-refractivity contribution in [2.75, 3.05) is 23.8 Å². The third kappa shape index (κ3) is 5.23. The molecule has 1 saturated heterocycles. The monoisotopic (exact) mass is 479 g/mol. The van der Waals surface area contributed by atoms with E-state index in [-0.39, 0.29) is 29.6 Å². The number of likely N-dealkylation sites (tertiary alicyclic amines) is 1. The lowest BCUT2D eigenvalue weighted by Crippen LogP contribution is -2.34. The second-order valence-corrected chi connectivity index (χ2v) is 8.82. The molecular formula is C24H25N5O4S. The molecule has 0 saturated carbocycles. The number of hydrogen-bond acceptors (Lipinski definition) is 7. The van der Waals surface area contributed by atoms with Crippen LogP contribution in [0.4, 0.5) is 16.2 Å². The van der Waals surface area contributed by atoms with Crippen LogP contribution in [0.1, 0.15) is 56.5 Å². The number of nitrogens with one attached hydrogen (secondary N) is 2. The lowest BCUT2D eigenvalue weighted by molar-refractivity contribution is 0.0527. The average molecular weight is 480 g/mol. The lowest BCUT2D eigenvalue weighted by Gasteiger charge is -2.23. The largest absolute Gasteiger partial charge is 0.462 e. The van der Waals surface area contributed by atoms with Crippen LogP contribution < -0.4 is 10.6 Å². The zero-order valence-electron chi connectivity index (χ0n) is 18.9. The van der Waals surface area contributed by atoms with E-state index in [0.717, 1.165) is 12.0 Å². The predicted octanol–water partition coefficient (Wildman–Crippen LogP) is 4.64. The Hall–Kier alpha value is -3.79. The molecule has 3 aromatic rings. The normalized spacial score (nSPS) is 15.1. The van der Waals surface area contributed by atoms with Crippen molar-refractivity contribution >= 4 is 40.6 Å². The van der Waals surface area contributed by atoms with E-state index >= 15 is 0 Å². The van der Waals surface area contributed by atoms with Crippen molar-refractivity contribution < 1.29 is 19.1 Å². The van der Waals surface area contributed by atoms with E-state index in [2.05, 4.69) is 20.8 Å². The Bertz CT molecular complexity index is 1190. The molecule has 2 aromatic carbocycles. The number of rotatable bonds is 6. The maximum absolute atomic E-state index is 13.1. The van der Waals surface area contributed by atoms with Crippen LogP contribution in [-0.4, -0.2) is 46.2 Å². The highest BCUT2D eigenvalue weighted by molar-refractivity contribution is 7.13. The van der Waals surface area contributed by atoms with E-state index in [1.807, 2.05) is 31.2 Å². The molecule has 10 heteroatoms. The molecule has 1 aliphatic rings. The molecule has 176 valence electrons. The van der Waals surface area contributed by atoms with E-state index in [9.17, 15) is 14.4 Å². The number of aryl methyl sites for hydroxylation is 1. The molecule has 9 nitrogen and oxygen atoms in total. The van der Waals surface area contributed by atoms with Gasteiger partial charge in [0.2, 0.25) is 5.01 Å². The van der Waals surface area contributed by atoms with E-state index < -0.39 is 5.97 Å². The maximum Gasteiger partial charge on any atom is 0.340 e. The molecule has 0 unspecified atom stereocenters. The summed E-state index contributed by atoms with van der Waals surface area (Å²) in [5.41, 5.74) is 2.45. The van der Waals surface area contributed by atoms with Gasteiger partial charge in [-0.2, -0.15) is 0 Å². The third-order valence-electron chi connectivity index (χ3n) is 5.41. The van der Waals surface area contributed by atoms with Gasteiger partial charge in [-0.25, -0.2) is 9.59 Å². The molecule has 0 bridgehead atoms. The topological polar surface area (TPSA) is 114 Å². The Kier molecular flexibility index (Phi) is 7.17. The SMILES string of the molecule is CCOC(=O)c1ccccc1NC(=O)N1CCC[C@H]1c1nnc(C(=O)Nc2ccc(C)cc2)s1. The Morgan fingerprint density at radius 2 is 1.85 bits per heavy atom. The highest BCUT2D eigenvalue weighted by Gasteiger charge is 2.33. The third-order valence-corrected chi connectivity index (χ3v) is 6.43. The first-order valence-electron chi connectivity index (χ1n) is 11.0. The number of carbonyl (C=O) groups excluding carboxylic acids is 3. The number of urea groups is 1. The maximum atomic E-state index is 13.1. The first-order chi connectivity index (χ1) is 16.5. The summed E-state index contributed by atoms with van der Waals surface area (Å²) in [5, 5.41) is 14.7. The van der Waals surface area contributed by atoms with Gasteiger partial charge in [0.25, 0.3) is 5.91 Å². The molecule has 2 heterocycles. The number of esters is 1. The second kappa shape index (κ2) is 10.4. The molecule has 34 heavy (non-hydrogen) atoms. The van der Waals surface area contributed by atoms with E-state index in [0.29, 0.717) is 34.9 Å². The van der Waals surface area contributed by atoms with Gasteiger partial charge in [-0.3, -0.25) is 4.79 Å². The number of benzene rings is 2. The van der Waals surface area contributed by atoms with E-state index in [1.54, 1.807) is 36.1 Å². The average Bonchev–Trinajstić information content (AvgIpc) is 3.51. The molecule has 0 aliphatic carbocycles. The molecule has 1 atom stereocenters. The molecule has 4 rings (SSSR count). The van der Waals surface area contributed by atoms with Crippen LogP contribution in [-0.2, 0) is 4.74 Å². The van der Waals surface area contributed by atoms with Gasteiger partial charge < -0.3 is 20.3 Å². The minimum atomic E-state index is -0.496. The van der Waals surface area contributed by atoms with Crippen molar-refractivity contribution in [3.8, 4) is 0 Å². The van der Waals surface area contributed by atoms with Crippen LogP contribution in [0.5, 0.6) is 0 Å². The second-order valence-electron chi connectivity index (χ2n) is 7.81. The number of amides is 3. The standard InChI is InChI=1S/C24H25N5O4S/c1-3-33-23(31)17-7-4-5-8-18(17)26-24(32)29-14-6-9-19(29)21-27-28-22(34-21)20(30)25-16-12-10-15(2)11-13-16/h4-5,7-8,10-13,19H,3,6,9,14H2,1-2H3,(H,25,30)(H,26,32)/t19-/m0/s1. The van der Waals surface area contributed by atoms with Gasteiger partial charge >= 0.3 is 12.0 Å². The summed E-state index contributed by atoms with van der Waals surface area (Å²) < 4.78 is 5.08. The summed E-state index contributed by atoms with van der Waals surface area (Å²) in [6.07, 6.45) is 1.50. The van der Waals surface area contributed by atoms with Crippen LogP contribution in [0.2, 0.25) is 0 Å². The minimum Gasteiger partial charge on any atom is -0.462 e. The molecule has 1 fully saturated rings. The van der Waals surface area contributed by atoms with E-state index in [4.69, 9.17) is 4.74 Å². The first kappa shape index (κ1) is 23.4. The summed E-state index contributed by atoms with van der Waals surface area (Å²) in [7, 11) is 0. The van der Waals surface area contributed by atoms with Crippen LogP contribution in [0.25, 0.3) is 0 Å². The van der Waals surface area contributed by atoms with Crippen molar-refractivity contribution in [2.45, 2.75) is 32.7 Å². The van der Waals surface area contributed by atoms with Gasteiger partial charge in [-0.1, -0.05) is 41.2 Å². The Labute approximate surface area is 201 Å². The molecule has 1 aromatic heterocycles. The quantitative estimate of drug-likeness (QED) is 0.498.